The molecule has 11 nitrogen and oxygen atoms in total. The van der Waals surface area contributed by atoms with Gasteiger partial charge in [0, 0.05) is 84.2 Å². The van der Waals surface area contributed by atoms with Crippen LogP contribution in [-0.4, -0.2) is 132 Å². The molecule has 1 aliphatic carbocycles. The largest absolute Gasteiger partial charge is 0.378 e. The second kappa shape index (κ2) is 17.1. The van der Waals surface area contributed by atoms with Crippen molar-refractivity contribution in [3.8, 4) is 0 Å². The normalized spacial score (nSPS) is 22.7. The minimum atomic E-state index is -3.85. The molecule has 0 bridgehead atoms. The molecule has 1 saturated carbocycles. The van der Waals surface area contributed by atoms with E-state index in [1.165, 1.54) is 36.4 Å². The molecule has 2 saturated heterocycles. The van der Waals surface area contributed by atoms with Gasteiger partial charge in [-0.25, -0.2) is 8.42 Å². The van der Waals surface area contributed by atoms with Gasteiger partial charge in [0.05, 0.1) is 4.90 Å². The Morgan fingerprint density at radius 1 is 0.694 bits per heavy atom. The lowest BCUT2D eigenvalue weighted by atomic mass is 9.89. The van der Waals surface area contributed by atoms with Crippen LogP contribution in [0.3, 0.4) is 0 Å². The topological polar surface area (TPSA) is 105 Å². The van der Waals surface area contributed by atoms with Gasteiger partial charge in [0.15, 0.2) is 0 Å². The average molecular weight is 717 g/mol. The summed E-state index contributed by atoms with van der Waals surface area (Å²) in [6.07, 6.45) is 7.68. The molecule has 13 heteroatoms. The maximum atomic E-state index is 14.2. The second-order valence-electron chi connectivity index (χ2n) is 14.3. The van der Waals surface area contributed by atoms with Crippen molar-refractivity contribution < 1.29 is 21.6 Å². The third kappa shape index (κ3) is 9.83. The Morgan fingerprint density at radius 2 is 1.29 bits per heavy atom. The second-order valence-corrected chi connectivity index (χ2v) is 18.2. The summed E-state index contributed by atoms with van der Waals surface area (Å²) in [5.41, 5.74) is 1.52. The van der Waals surface area contributed by atoms with Crippen LogP contribution in [0.5, 0.6) is 0 Å². The fourth-order valence-corrected chi connectivity index (χ4v) is 10.8. The average Bonchev–Trinajstić information content (AvgIpc) is 3.10. The standard InChI is InChI=1S/C36H56N6O5S2/c1-31-28-41(48(44,45)35-18-16-34(17-19-35)37(2)3)22-10-20-38(30-32-12-6-4-7-13-32)21-11-23-42(29-31)49(46,47)40-26-24-39(25-27-40)36(43)33-14-8-5-9-15-33/h5,8-9,14-19,31-32H,4,6-7,10-13,20-30H2,1-3H3/t31-/m0/s1. The Bertz CT molecular complexity index is 1560. The molecule has 0 aromatic heterocycles. The highest BCUT2D eigenvalue weighted by Crippen LogP contribution is 2.26. The van der Waals surface area contributed by atoms with E-state index in [1.54, 1.807) is 37.8 Å². The monoisotopic (exact) mass is 716 g/mol. The molecule has 2 aromatic rings. The molecule has 2 heterocycles. The molecule has 1 atom stereocenters. The van der Waals surface area contributed by atoms with Crippen molar-refractivity contribution in [3.63, 3.8) is 0 Å². The van der Waals surface area contributed by atoms with Crippen molar-refractivity contribution in [1.29, 1.82) is 0 Å². The lowest BCUT2D eigenvalue weighted by Gasteiger charge is -2.38. The summed E-state index contributed by atoms with van der Waals surface area (Å²) in [7, 11) is -3.80. The van der Waals surface area contributed by atoms with Crippen LogP contribution in [0.25, 0.3) is 0 Å². The number of carbonyl (C=O) groups is 1. The van der Waals surface area contributed by atoms with Crippen LogP contribution in [0, 0.1) is 11.8 Å². The molecule has 0 N–H and O–H groups in total. The van der Waals surface area contributed by atoms with Crippen molar-refractivity contribution in [1.82, 2.24) is 22.7 Å². The van der Waals surface area contributed by atoms with Crippen LogP contribution in [-0.2, 0) is 20.2 Å². The third-order valence-electron chi connectivity index (χ3n) is 10.2. The number of benzene rings is 2. The maximum Gasteiger partial charge on any atom is 0.282 e. The van der Waals surface area contributed by atoms with Crippen molar-refractivity contribution in [2.45, 2.75) is 56.8 Å². The molecule has 2 aliphatic heterocycles. The Balaban J connectivity index is 1.33. The number of amides is 1. The van der Waals surface area contributed by atoms with Crippen molar-refractivity contribution in [2.75, 3.05) is 91.0 Å². The fraction of sp³-hybridized carbons (Fsp3) is 0.639. The first-order chi connectivity index (χ1) is 23.4. The number of rotatable bonds is 8. The highest BCUT2D eigenvalue weighted by atomic mass is 32.2. The van der Waals surface area contributed by atoms with E-state index in [2.05, 4.69) is 4.90 Å². The van der Waals surface area contributed by atoms with Gasteiger partial charge < -0.3 is 14.7 Å². The van der Waals surface area contributed by atoms with Crippen LogP contribution in [0.4, 0.5) is 5.69 Å². The van der Waals surface area contributed by atoms with E-state index < -0.39 is 20.2 Å². The summed E-state index contributed by atoms with van der Waals surface area (Å²) in [6, 6.07) is 16.1. The first-order valence-corrected chi connectivity index (χ1v) is 20.9. The molecule has 49 heavy (non-hydrogen) atoms. The number of carbonyl (C=O) groups excluding carboxylic acids is 1. The zero-order valence-corrected chi connectivity index (χ0v) is 31.3. The number of sulfonamides is 1. The van der Waals surface area contributed by atoms with E-state index in [0.29, 0.717) is 44.1 Å². The summed E-state index contributed by atoms with van der Waals surface area (Å²) in [6.45, 7) is 6.77. The fourth-order valence-electron chi connectivity index (χ4n) is 7.45. The minimum absolute atomic E-state index is 0.0895. The molecule has 0 spiro atoms. The van der Waals surface area contributed by atoms with Crippen LogP contribution < -0.4 is 4.90 Å². The van der Waals surface area contributed by atoms with Crippen LogP contribution in [0.2, 0.25) is 0 Å². The van der Waals surface area contributed by atoms with Gasteiger partial charge in [-0.15, -0.1) is 0 Å². The third-order valence-corrected chi connectivity index (χ3v) is 14.1. The predicted molar refractivity (Wildman–Crippen MR) is 195 cm³/mol. The van der Waals surface area contributed by atoms with E-state index in [-0.39, 0.29) is 42.9 Å². The number of hydrogen-bond donors (Lipinski definition) is 0. The summed E-state index contributed by atoms with van der Waals surface area (Å²) in [5, 5.41) is 0. The van der Waals surface area contributed by atoms with Crippen molar-refractivity contribution in [2.24, 2.45) is 11.8 Å². The van der Waals surface area contributed by atoms with Gasteiger partial charge in [-0.05, 0) is 87.0 Å². The van der Waals surface area contributed by atoms with E-state index in [1.807, 2.05) is 56.3 Å². The Morgan fingerprint density at radius 3 is 1.90 bits per heavy atom. The quantitative estimate of drug-likeness (QED) is 0.406. The molecule has 5 rings (SSSR count). The van der Waals surface area contributed by atoms with Gasteiger partial charge in [0.1, 0.15) is 0 Å². The van der Waals surface area contributed by atoms with Gasteiger partial charge in [0.2, 0.25) is 10.0 Å². The summed E-state index contributed by atoms with van der Waals surface area (Å²) in [5.74, 6) is 0.309. The van der Waals surface area contributed by atoms with E-state index in [9.17, 15) is 21.6 Å². The Hall–Kier alpha value is -2.55. The highest BCUT2D eigenvalue weighted by Gasteiger charge is 2.36. The van der Waals surface area contributed by atoms with Crippen LogP contribution in [0.1, 0.15) is 62.2 Å². The molecule has 0 unspecified atom stereocenters. The van der Waals surface area contributed by atoms with Gasteiger partial charge in [0.25, 0.3) is 16.1 Å². The van der Waals surface area contributed by atoms with Crippen LogP contribution in [0.15, 0.2) is 59.5 Å². The first kappa shape index (κ1) is 37.7. The Labute approximate surface area is 295 Å². The smallest absolute Gasteiger partial charge is 0.282 e. The molecule has 2 aromatic carbocycles. The lowest BCUT2D eigenvalue weighted by Crippen LogP contribution is -2.55. The summed E-state index contributed by atoms with van der Waals surface area (Å²) < 4.78 is 61.3. The predicted octanol–water partition coefficient (Wildman–Crippen LogP) is 4.06. The van der Waals surface area contributed by atoms with Gasteiger partial charge in [-0.2, -0.15) is 21.3 Å². The SMILES string of the molecule is C[C@H]1CN(S(=O)(=O)c2ccc(N(C)C)cc2)CCCN(CC2CCCCC2)CCCN(S(=O)(=O)N2CCN(C(=O)c3ccccc3)CC2)C1. The van der Waals surface area contributed by atoms with Gasteiger partial charge in [-0.3, -0.25) is 4.79 Å². The van der Waals surface area contributed by atoms with E-state index in [4.69, 9.17) is 0 Å². The maximum absolute atomic E-state index is 14.2. The first-order valence-electron chi connectivity index (χ1n) is 18.0. The number of anilines is 1. The Kier molecular flexibility index (Phi) is 13.2. The molecule has 3 fully saturated rings. The van der Waals surface area contributed by atoms with Crippen molar-refractivity contribution in [3.05, 3.63) is 60.2 Å². The van der Waals surface area contributed by atoms with Gasteiger partial charge >= 0.3 is 0 Å². The highest BCUT2D eigenvalue weighted by molar-refractivity contribution is 7.89. The molecule has 3 aliphatic rings. The van der Waals surface area contributed by atoms with Crippen molar-refractivity contribution >= 4 is 31.8 Å². The molecule has 272 valence electrons. The zero-order chi connectivity index (χ0) is 35.0. The summed E-state index contributed by atoms with van der Waals surface area (Å²) in [4.78, 5) is 19.4. The molecular weight excluding hydrogens is 661 g/mol. The summed E-state index contributed by atoms with van der Waals surface area (Å²) >= 11 is 0. The van der Waals surface area contributed by atoms with Gasteiger partial charge in [-0.1, -0.05) is 44.4 Å². The molecule has 0 radical (unpaired) electrons. The van der Waals surface area contributed by atoms with Crippen LogP contribution >= 0.6 is 0 Å². The van der Waals surface area contributed by atoms with E-state index in [0.717, 1.165) is 31.7 Å². The molecular formula is C36H56N6O5S2. The lowest BCUT2D eigenvalue weighted by molar-refractivity contribution is 0.0693. The number of piperazine rings is 1. The number of nitrogens with zero attached hydrogens (tertiary/aromatic N) is 6. The minimum Gasteiger partial charge on any atom is -0.378 e. The molecule has 1 amide bonds. The number of hydrogen-bond acceptors (Lipinski definition) is 7. The zero-order valence-electron chi connectivity index (χ0n) is 29.6. The van der Waals surface area contributed by atoms with E-state index >= 15 is 0 Å².